The number of benzene rings is 3. The number of aromatic hydroxyl groups is 1. The van der Waals surface area contributed by atoms with Crippen LogP contribution in [-0.2, 0) is 96.0 Å². The molecule has 650 valence electrons. The number of hydrogen-bond donors (Lipinski definition) is 21. The average Bonchev–Trinajstić information content (AvgIpc) is 1.67. The van der Waals surface area contributed by atoms with Gasteiger partial charge in [0.15, 0.2) is 5.96 Å². The molecule has 6 rings (SSSR count). The summed E-state index contributed by atoms with van der Waals surface area (Å²) in [7, 11) is 0. The quantitative estimate of drug-likeness (QED) is 0.0102. The highest BCUT2D eigenvalue weighted by molar-refractivity contribution is 7.80. The maximum absolute atomic E-state index is 15.3. The Balaban J connectivity index is 1.18. The number of primary amides is 1. The molecule has 3 aromatic carbocycles. The van der Waals surface area contributed by atoms with Gasteiger partial charge in [0.1, 0.15) is 78.3 Å². The summed E-state index contributed by atoms with van der Waals surface area (Å²) in [6.07, 6.45) is 0.0139. The molecule has 13 atom stereocenters. The fourth-order valence-corrected chi connectivity index (χ4v) is 14.1. The summed E-state index contributed by atoms with van der Waals surface area (Å²) in [5.74, 6) is -16.1. The second kappa shape index (κ2) is 46.9. The topological polar surface area (TPSA) is 602 Å². The number of nitrogens with two attached hydrogens (primary N) is 3. The van der Waals surface area contributed by atoms with Crippen LogP contribution in [0.2, 0.25) is 0 Å². The van der Waals surface area contributed by atoms with Crippen molar-refractivity contribution in [3.63, 3.8) is 0 Å². The third-order valence-electron chi connectivity index (χ3n) is 20.1. The van der Waals surface area contributed by atoms with Gasteiger partial charge in [0.2, 0.25) is 82.7 Å². The lowest BCUT2D eigenvalue weighted by Gasteiger charge is -2.34. The summed E-state index contributed by atoms with van der Waals surface area (Å²) < 4.78 is 0. The summed E-state index contributed by atoms with van der Waals surface area (Å²) in [6, 6.07) is 3.54. The molecule has 1 aromatic heterocycles. The number of thiol groups is 1. The fourth-order valence-electron chi connectivity index (χ4n) is 13.8. The molecule has 0 saturated carbocycles. The number of carboxylic acid groups (broad SMARTS) is 2. The third kappa shape index (κ3) is 30.5. The highest BCUT2D eigenvalue weighted by Gasteiger charge is 2.46. The van der Waals surface area contributed by atoms with Crippen molar-refractivity contribution in [2.24, 2.45) is 35.0 Å². The second-order valence-electron chi connectivity index (χ2n) is 31.0. The van der Waals surface area contributed by atoms with Crippen LogP contribution in [0, 0.1) is 23.2 Å². The van der Waals surface area contributed by atoms with Crippen molar-refractivity contribution in [2.45, 2.75) is 223 Å². The van der Waals surface area contributed by atoms with Crippen molar-refractivity contribution < 1.29 is 92.0 Å². The maximum atomic E-state index is 15.3. The minimum Gasteiger partial charge on any atom is -0.508 e. The predicted octanol–water partition coefficient (Wildman–Crippen LogP) is -1.65. The van der Waals surface area contributed by atoms with Crippen LogP contribution >= 0.6 is 12.6 Å². The number of H-pyrrole nitrogens is 1. The van der Waals surface area contributed by atoms with E-state index in [2.05, 4.69) is 81.4 Å². The molecule has 119 heavy (non-hydrogen) atoms. The maximum Gasteiger partial charge on any atom is 0.303 e. The van der Waals surface area contributed by atoms with Gasteiger partial charge >= 0.3 is 11.9 Å². The Morgan fingerprint density at radius 2 is 1.01 bits per heavy atom. The Morgan fingerprint density at radius 3 is 1.61 bits per heavy atom. The zero-order valence-corrected chi connectivity index (χ0v) is 68.8. The highest BCUT2D eigenvalue weighted by Crippen LogP contribution is 2.28. The number of aromatic nitrogens is 1. The molecule has 0 aliphatic carbocycles. The van der Waals surface area contributed by atoms with E-state index in [4.69, 9.17) is 22.6 Å². The van der Waals surface area contributed by atoms with Crippen molar-refractivity contribution in [2.75, 3.05) is 31.9 Å². The molecule has 2 saturated heterocycles. The van der Waals surface area contributed by atoms with E-state index in [0.29, 0.717) is 28.5 Å². The van der Waals surface area contributed by atoms with Crippen LogP contribution in [-0.4, -0.2) is 241 Å². The molecule has 0 unspecified atom stereocenters. The number of guanidine groups is 1. The van der Waals surface area contributed by atoms with Gasteiger partial charge in [-0.3, -0.25) is 82.1 Å². The lowest BCUT2D eigenvalue weighted by molar-refractivity contribution is -0.148. The number of carbonyl (C=O) groups excluding carboxylic acids is 14. The van der Waals surface area contributed by atoms with E-state index >= 15 is 9.59 Å². The van der Waals surface area contributed by atoms with E-state index in [1.165, 1.54) is 41.0 Å². The van der Waals surface area contributed by atoms with Crippen LogP contribution in [0.3, 0.4) is 0 Å². The van der Waals surface area contributed by atoms with Gasteiger partial charge in [0.05, 0.1) is 12.6 Å². The Hall–Kier alpha value is -11.9. The minimum atomic E-state index is -1.64. The van der Waals surface area contributed by atoms with E-state index in [9.17, 15) is 82.4 Å². The largest absolute Gasteiger partial charge is 0.508 e. The molecule has 0 spiro atoms. The van der Waals surface area contributed by atoms with Crippen molar-refractivity contribution in [3.8, 4) is 5.75 Å². The summed E-state index contributed by atoms with van der Waals surface area (Å²) >= 11 is 4.16. The number of aromatic amines is 1. The number of phenols is 1. The summed E-state index contributed by atoms with van der Waals surface area (Å²) in [5, 5.41) is 69.2. The number of carboxylic acids is 2. The number of carbonyl (C=O) groups is 16. The smallest absolute Gasteiger partial charge is 0.303 e. The van der Waals surface area contributed by atoms with Crippen molar-refractivity contribution >= 4 is 124 Å². The number of nitrogens with one attached hydrogen (secondary N) is 14. The lowest BCUT2D eigenvalue weighted by Crippen LogP contribution is -2.61. The minimum absolute atomic E-state index is 0.00786. The van der Waals surface area contributed by atoms with Crippen LogP contribution in [0.5, 0.6) is 5.75 Å². The second-order valence-corrected chi connectivity index (χ2v) is 31.4. The summed E-state index contributed by atoms with van der Waals surface area (Å²) in [6.45, 7) is 11.1. The van der Waals surface area contributed by atoms with E-state index in [1.54, 1.807) is 102 Å². The van der Waals surface area contributed by atoms with Gasteiger partial charge in [-0.05, 0) is 124 Å². The molecule has 39 heteroatoms. The number of para-hydroxylation sites is 1. The third-order valence-corrected chi connectivity index (χ3v) is 20.5. The molecule has 14 amide bonds. The van der Waals surface area contributed by atoms with Crippen LogP contribution in [0.25, 0.3) is 10.9 Å². The number of phenolic OH excluding ortho intramolecular Hbond substituents is 1. The number of likely N-dealkylation sites (tertiary alicyclic amines) is 2. The fraction of sp³-hybridized carbons (Fsp3) is 0.537. The number of amides is 14. The van der Waals surface area contributed by atoms with Gasteiger partial charge in [-0.2, -0.15) is 12.6 Å². The molecule has 38 nitrogen and oxygen atoms in total. The first kappa shape index (κ1) is 95.9. The molecule has 3 heterocycles. The van der Waals surface area contributed by atoms with Gasteiger partial charge in [0, 0.05) is 74.6 Å². The van der Waals surface area contributed by atoms with Crippen molar-refractivity contribution in [3.05, 3.63) is 102 Å². The summed E-state index contributed by atoms with van der Waals surface area (Å²) in [4.78, 5) is 227. The zero-order valence-electron chi connectivity index (χ0n) is 67.9. The lowest BCUT2D eigenvalue weighted by atomic mass is 9.98. The average molecular weight is 1680 g/mol. The van der Waals surface area contributed by atoms with E-state index in [1.807, 2.05) is 0 Å². The predicted molar refractivity (Wildman–Crippen MR) is 439 cm³/mol. The number of aliphatic carboxylic acids is 2. The van der Waals surface area contributed by atoms with Gasteiger partial charge < -0.3 is 111 Å². The Morgan fingerprint density at radius 1 is 0.513 bits per heavy atom. The first-order chi connectivity index (χ1) is 56.3. The van der Waals surface area contributed by atoms with Crippen LogP contribution in [0.15, 0.2) is 85.1 Å². The van der Waals surface area contributed by atoms with Gasteiger partial charge in [-0.1, -0.05) is 102 Å². The number of rotatable bonds is 47. The standard InChI is InChI=1S/C80H115N19O19S/c1-42(2)34-55(72(111)94-57(36-47-23-25-49(100)26-24-47)73(112)93-56(35-43(3)4)75(114)97-66(44(5)6)77(116)96-60(41-119)69(108)87-40-63(82)101)91-67(106)45(7)88-70(109)54(28-30-65(104)105)90-76(115)61-21-14-32-98(61)79(118)62-22-15-33-99(62)78(117)59(37-46-16-9-8-10-17-46)95-71(110)53(20-13-31-85-80(83)84)89-74(113)58(92-68(107)51(81)27-29-64(102)103)38-48-39-86-52-19-12-11-18-50(48)52/h8-12,16-19,23-26,39,42-45,51,53-62,66,86,100,119H,13-15,20-22,27-38,40-41,81H2,1-7H3,(H2,82,101)(H,87,108)(H,88,109)(H,89,113)(H,90,115)(H,91,106)(H,92,107)(H,93,112)(H,94,111)(H,95,110)(H,96,116)(H,97,114)(H,102,103)(H,104,105)(H4,83,84,85)/t45-,51-,53-,54-,55-,56-,57-,58-,59-,60+,61-,62+,66-/m0/s1. The van der Waals surface area contributed by atoms with Gasteiger partial charge in [0.25, 0.3) is 0 Å². The van der Waals surface area contributed by atoms with Crippen molar-refractivity contribution in [1.29, 1.82) is 5.41 Å². The van der Waals surface area contributed by atoms with Gasteiger partial charge in [-0.25, -0.2) is 0 Å². The van der Waals surface area contributed by atoms with E-state index < -0.39 is 205 Å². The molecule has 0 radical (unpaired) electrons. The molecule has 4 aromatic rings. The molecule has 23 N–H and O–H groups in total. The zero-order chi connectivity index (χ0) is 87.9. The molecule has 2 aliphatic heterocycles. The monoisotopic (exact) mass is 1680 g/mol. The Bertz CT molecular complexity index is 4240. The number of nitrogens with zero attached hydrogens (tertiary/aromatic N) is 2. The van der Waals surface area contributed by atoms with Crippen LogP contribution in [0.4, 0.5) is 0 Å². The molecule has 2 aliphatic rings. The van der Waals surface area contributed by atoms with Gasteiger partial charge in [-0.15, -0.1) is 0 Å². The number of fused-ring (bicyclic) bond motifs is 1. The van der Waals surface area contributed by atoms with Crippen molar-refractivity contribution in [1.82, 2.24) is 78.6 Å². The first-order valence-electron chi connectivity index (χ1n) is 39.8. The molecular formula is C80H115N19O19S. The first-order valence-corrected chi connectivity index (χ1v) is 40.4. The van der Waals surface area contributed by atoms with E-state index in [0.717, 1.165) is 5.52 Å². The summed E-state index contributed by atoms with van der Waals surface area (Å²) in [5.41, 5.74) is 19.2. The highest BCUT2D eigenvalue weighted by atomic mass is 32.1. The SMILES string of the molecule is CC(C)C[C@H](NC(=O)[C@H](C)NC(=O)[C@H](CCC(=O)O)NC(=O)[C@@H]1CCCN1C(=O)[C@H]1CCCN1C(=O)[C@H](Cc1ccccc1)NC(=O)[C@H](CCCNC(=N)N)NC(=O)[C@H](Cc1c[nH]c2ccccc12)NC(=O)[C@@H](N)CCC(=O)O)C(=O)N[C@@H](Cc1ccc(O)cc1)C(=O)N[C@@H](CC(C)C)C(=O)N[C@H](C(=O)N[C@H](CS)C(=O)NCC(N)=O)C(C)C. The number of hydrogen-bond acceptors (Lipinski definition) is 20. The molecule has 0 bridgehead atoms. The normalized spacial score (nSPS) is 16.6. The molecule has 2 fully saturated rings. The van der Waals surface area contributed by atoms with E-state index in [-0.39, 0.29) is 120 Å². The van der Waals surface area contributed by atoms with Crippen LogP contribution < -0.4 is 81.0 Å². The molecular weight excluding hydrogens is 1560 g/mol. The van der Waals surface area contributed by atoms with Crippen LogP contribution in [0.1, 0.15) is 142 Å². The Labute approximate surface area is 694 Å². The Kier molecular flexibility index (Phi) is 37.8.